The Balaban J connectivity index is 1.58. The molecule has 1 aliphatic heterocycles. The number of pyridine rings is 1. The van der Waals surface area contributed by atoms with Crippen LogP contribution in [0.25, 0.3) is 6.08 Å². The zero-order valence-corrected chi connectivity index (χ0v) is 14.2. The summed E-state index contributed by atoms with van der Waals surface area (Å²) in [5.41, 5.74) is 3.80. The van der Waals surface area contributed by atoms with Crippen LogP contribution in [0.5, 0.6) is 0 Å². The molecule has 1 aromatic carbocycles. The van der Waals surface area contributed by atoms with Crippen LogP contribution in [0.1, 0.15) is 18.1 Å². The van der Waals surface area contributed by atoms with Gasteiger partial charge in [-0.05, 0) is 18.6 Å². The van der Waals surface area contributed by atoms with Crippen LogP contribution in [0.3, 0.4) is 0 Å². The maximum absolute atomic E-state index is 5.44. The van der Waals surface area contributed by atoms with Crippen molar-refractivity contribution in [3.63, 3.8) is 0 Å². The third-order valence-corrected chi connectivity index (χ3v) is 4.11. The van der Waals surface area contributed by atoms with Crippen LogP contribution in [0.15, 0.2) is 54.2 Å². The van der Waals surface area contributed by atoms with Crippen molar-refractivity contribution >= 4 is 11.9 Å². The predicted octanol–water partition coefficient (Wildman–Crippen LogP) is 3.11. The molecule has 3 rings (SSSR count). The van der Waals surface area contributed by atoms with E-state index in [1.807, 2.05) is 18.3 Å². The molecule has 1 aliphatic rings. The molecule has 2 aromatic rings. The summed E-state index contributed by atoms with van der Waals surface area (Å²) in [6, 6.07) is 14.6. The first-order chi connectivity index (χ1) is 11.8. The highest BCUT2D eigenvalue weighted by molar-refractivity contribution is 5.52. The van der Waals surface area contributed by atoms with Crippen LogP contribution < -0.4 is 10.2 Å². The van der Waals surface area contributed by atoms with Gasteiger partial charge in [-0.15, -0.1) is 0 Å². The highest BCUT2D eigenvalue weighted by atomic mass is 16.5. The minimum atomic E-state index is 0.780. The summed E-state index contributed by atoms with van der Waals surface area (Å²) in [7, 11) is 0. The van der Waals surface area contributed by atoms with Crippen molar-refractivity contribution in [2.24, 2.45) is 0 Å². The summed E-state index contributed by atoms with van der Waals surface area (Å²) in [6.45, 7) is 7.23. The van der Waals surface area contributed by atoms with Gasteiger partial charge in [0.25, 0.3) is 0 Å². The van der Waals surface area contributed by atoms with Gasteiger partial charge in [0, 0.05) is 37.9 Å². The van der Waals surface area contributed by atoms with Gasteiger partial charge < -0.3 is 15.0 Å². The van der Waals surface area contributed by atoms with Crippen LogP contribution in [0.2, 0.25) is 0 Å². The summed E-state index contributed by atoms with van der Waals surface area (Å²) in [4.78, 5) is 6.90. The zero-order valence-electron chi connectivity index (χ0n) is 14.2. The van der Waals surface area contributed by atoms with E-state index in [9.17, 15) is 0 Å². The Morgan fingerprint density at radius 1 is 1.17 bits per heavy atom. The molecule has 0 unspecified atom stereocenters. The fraction of sp³-hybridized carbons (Fsp3) is 0.350. The van der Waals surface area contributed by atoms with Gasteiger partial charge in [0.1, 0.15) is 5.82 Å². The van der Waals surface area contributed by atoms with Crippen LogP contribution in [-0.2, 0) is 11.3 Å². The first kappa shape index (κ1) is 16.7. The van der Waals surface area contributed by atoms with Crippen molar-refractivity contribution in [2.45, 2.75) is 13.5 Å². The van der Waals surface area contributed by atoms with Crippen molar-refractivity contribution in [3.8, 4) is 0 Å². The zero-order chi connectivity index (χ0) is 16.6. The second-order valence-electron chi connectivity index (χ2n) is 6.09. The molecule has 1 fully saturated rings. The van der Waals surface area contributed by atoms with E-state index in [2.05, 4.69) is 58.5 Å². The van der Waals surface area contributed by atoms with Crippen LogP contribution in [-0.4, -0.2) is 37.8 Å². The molecule has 0 atom stereocenters. The van der Waals surface area contributed by atoms with E-state index < -0.39 is 0 Å². The van der Waals surface area contributed by atoms with Crippen molar-refractivity contribution < 1.29 is 4.74 Å². The smallest absolute Gasteiger partial charge is 0.133 e. The number of morpholine rings is 1. The fourth-order valence-corrected chi connectivity index (χ4v) is 2.91. The summed E-state index contributed by atoms with van der Waals surface area (Å²) in [6.07, 6.45) is 4.09. The van der Waals surface area contributed by atoms with Gasteiger partial charge in [-0.25, -0.2) is 4.98 Å². The monoisotopic (exact) mass is 323 g/mol. The van der Waals surface area contributed by atoms with E-state index in [1.54, 1.807) is 0 Å². The lowest BCUT2D eigenvalue weighted by Gasteiger charge is -2.29. The molecule has 4 heteroatoms. The quantitative estimate of drug-likeness (QED) is 0.886. The summed E-state index contributed by atoms with van der Waals surface area (Å²) >= 11 is 0. The minimum Gasteiger partial charge on any atom is -0.378 e. The van der Waals surface area contributed by atoms with Gasteiger partial charge in [0.2, 0.25) is 0 Å². The van der Waals surface area contributed by atoms with Gasteiger partial charge in [0.05, 0.1) is 13.2 Å². The number of hydrogen-bond acceptors (Lipinski definition) is 4. The third kappa shape index (κ3) is 4.66. The lowest BCUT2D eigenvalue weighted by atomic mass is 10.1. The molecule has 1 aromatic heterocycles. The van der Waals surface area contributed by atoms with E-state index in [1.165, 1.54) is 16.7 Å². The second kappa shape index (κ2) is 8.62. The van der Waals surface area contributed by atoms with Crippen LogP contribution >= 0.6 is 0 Å². The van der Waals surface area contributed by atoms with Crippen molar-refractivity contribution in [1.82, 2.24) is 10.3 Å². The Hall–Kier alpha value is -2.17. The molecule has 0 bridgehead atoms. The molecule has 1 saturated heterocycles. The van der Waals surface area contributed by atoms with Gasteiger partial charge in [-0.3, -0.25) is 0 Å². The van der Waals surface area contributed by atoms with Crippen LogP contribution in [0.4, 0.5) is 5.82 Å². The Labute approximate surface area is 144 Å². The first-order valence-electron chi connectivity index (χ1n) is 8.52. The fourth-order valence-electron chi connectivity index (χ4n) is 2.91. The topological polar surface area (TPSA) is 37.4 Å². The molecule has 24 heavy (non-hydrogen) atoms. The number of hydrogen-bond donors (Lipinski definition) is 1. The second-order valence-corrected chi connectivity index (χ2v) is 6.09. The summed E-state index contributed by atoms with van der Waals surface area (Å²) in [5.74, 6) is 1.08. The Bertz CT molecular complexity index is 664. The number of rotatable bonds is 6. The van der Waals surface area contributed by atoms with Gasteiger partial charge in [-0.1, -0.05) is 48.0 Å². The lowest BCUT2D eigenvalue weighted by molar-refractivity contribution is 0.122. The largest absolute Gasteiger partial charge is 0.378 e. The number of benzene rings is 1. The molecule has 0 aliphatic carbocycles. The van der Waals surface area contributed by atoms with Gasteiger partial charge >= 0.3 is 0 Å². The number of anilines is 1. The van der Waals surface area contributed by atoms with Crippen molar-refractivity contribution in [1.29, 1.82) is 0 Å². The van der Waals surface area contributed by atoms with E-state index in [0.29, 0.717) is 0 Å². The maximum Gasteiger partial charge on any atom is 0.133 e. The highest BCUT2D eigenvalue weighted by Gasteiger charge is 2.15. The molecule has 0 saturated carbocycles. The van der Waals surface area contributed by atoms with Gasteiger partial charge in [-0.2, -0.15) is 0 Å². The molecule has 0 spiro atoms. The van der Waals surface area contributed by atoms with E-state index in [-0.39, 0.29) is 0 Å². The number of aromatic nitrogens is 1. The Morgan fingerprint density at radius 2 is 1.96 bits per heavy atom. The maximum atomic E-state index is 5.44. The summed E-state index contributed by atoms with van der Waals surface area (Å²) < 4.78 is 5.44. The molecule has 0 amide bonds. The number of nitrogens with one attached hydrogen (secondary N) is 1. The SMILES string of the molecule is C/C(=C/c1ccccc1)CNCc1cccnc1N1CCOCC1. The van der Waals surface area contributed by atoms with E-state index in [4.69, 9.17) is 4.74 Å². The number of nitrogens with zero attached hydrogens (tertiary/aromatic N) is 2. The molecule has 4 nitrogen and oxygen atoms in total. The standard InChI is InChI=1S/C20H25N3O/c1-17(14-18-6-3-2-4-7-18)15-21-16-19-8-5-9-22-20(19)23-10-12-24-13-11-23/h2-9,14,21H,10-13,15-16H2,1H3/b17-14-. The van der Waals surface area contributed by atoms with E-state index in [0.717, 1.165) is 45.2 Å². The molecular weight excluding hydrogens is 298 g/mol. The van der Waals surface area contributed by atoms with Crippen molar-refractivity contribution in [3.05, 3.63) is 65.4 Å². The normalized spacial score (nSPS) is 15.5. The Kier molecular flexibility index (Phi) is 5.99. The number of ether oxygens (including phenoxy) is 1. The predicted molar refractivity (Wildman–Crippen MR) is 99.1 cm³/mol. The molecule has 1 N–H and O–H groups in total. The van der Waals surface area contributed by atoms with E-state index >= 15 is 0 Å². The van der Waals surface area contributed by atoms with Crippen LogP contribution in [0, 0.1) is 0 Å². The molecule has 126 valence electrons. The lowest BCUT2D eigenvalue weighted by Crippen LogP contribution is -2.37. The average Bonchev–Trinajstić information content (AvgIpc) is 2.64. The molecule has 2 heterocycles. The molecular formula is C20H25N3O. The minimum absolute atomic E-state index is 0.780. The molecule has 0 radical (unpaired) electrons. The Morgan fingerprint density at radius 3 is 2.75 bits per heavy atom. The average molecular weight is 323 g/mol. The summed E-state index contributed by atoms with van der Waals surface area (Å²) in [5, 5.41) is 3.53. The third-order valence-electron chi connectivity index (χ3n) is 4.11. The van der Waals surface area contributed by atoms with Gasteiger partial charge in [0.15, 0.2) is 0 Å². The van der Waals surface area contributed by atoms with Crippen molar-refractivity contribution in [2.75, 3.05) is 37.7 Å². The first-order valence-corrected chi connectivity index (χ1v) is 8.52. The highest BCUT2D eigenvalue weighted by Crippen LogP contribution is 2.18.